The van der Waals surface area contributed by atoms with E-state index < -0.39 is 36.7 Å². The molecule has 1 aliphatic rings. The Labute approximate surface area is 182 Å². The lowest BCUT2D eigenvalue weighted by molar-refractivity contribution is -0.271. The van der Waals surface area contributed by atoms with Crippen LogP contribution in [0.15, 0.2) is 18.2 Å². The molecule has 10 heteroatoms. The summed E-state index contributed by atoms with van der Waals surface area (Å²) in [5.41, 5.74) is 1.45. The Morgan fingerprint density at radius 3 is 2.45 bits per heavy atom. The number of hydrogen-bond acceptors (Lipinski definition) is 9. The highest BCUT2D eigenvalue weighted by molar-refractivity contribution is 5.73. The predicted octanol–water partition coefficient (Wildman–Crippen LogP) is 0.294. The van der Waals surface area contributed by atoms with Gasteiger partial charge in [-0.25, -0.2) is 4.79 Å². The fraction of sp³-hybridized carbons (Fsp3) is 0.667. The number of benzene rings is 1. The molecule has 1 heterocycles. The topological polar surface area (TPSA) is 150 Å². The maximum absolute atomic E-state index is 11.3. The zero-order chi connectivity index (χ0) is 23.2. The van der Waals surface area contributed by atoms with Crippen LogP contribution in [0.4, 0.5) is 5.69 Å². The van der Waals surface area contributed by atoms with Gasteiger partial charge in [0.2, 0.25) is 6.29 Å². The van der Waals surface area contributed by atoms with Crippen molar-refractivity contribution < 1.29 is 39.4 Å². The molecule has 176 valence electrons. The van der Waals surface area contributed by atoms with Crippen LogP contribution >= 0.6 is 0 Å². The lowest BCUT2D eigenvalue weighted by Gasteiger charge is -2.38. The first-order valence-corrected chi connectivity index (χ1v) is 10.3. The third-order valence-electron chi connectivity index (χ3n) is 4.67. The van der Waals surface area contributed by atoms with Crippen molar-refractivity contribution in [2.24, 2.45) is 0 Å². The third kappa shape index (κ3) is 7.30. The van der Waals surface area contributed by atoms with E-state index in [9.17, 15) is 25.2 Å². The lowest BCUT2D eigenvalue weighted by Crippen LogP contribution is -2.61. The number of aliphatic hydroxyl groups excluding tert-OH is 3. The van der Waals surface area contributed by atoms with E-state index in [0.29, 0.717) is 37.7 Å². The van der Waals surface area contributed by atoms with E-state index >= 15 is 0 Å². The minimum atomic E-state index is -1.78. The number of carboxylic acids is 1. The summed E-state index contributed by atoms with van der Waals surface area (Å²) in [6.07, 6.45) is -8.35. The molecule has 1 aliphatic heterocycles. The Bertz CT molecular complexity index is 724. The van der Waals surface area contributed by atoms with Crippen LogP contribution in [-0.4, -0.2) is 82.3 Å². The van der Waals surface area contributed by atoms with Gasteiger partial charge in [0.1, 0.15) is 24.1 Å². The van der Waals surface area contributed by atoms with Crippen LogP contribution in [0.3, 0.4) is 0 Å². The number of ether oxygens (including phenoxy) is 3. The van der Waals surface area contributed by atoms with Crippen LogP contribution in [0.25, 0.3) is 0 Å². The Kier molecular flexibility index (Phi) is 9.04. The molecule has 0 amide bonds. The molecule has 1 aromatic carbocycles. The fourth-order valence-electron chi connectivity index (χ4n) is 3.04. The molecule has 5 unspecified atom stereocenters. The van der Waals surface area contributed by atoms with Gasteiger partial charge >= 0.3 is 5.97 Å². The van der Waals surface area contributed by atoms with Crippen LogP contribution in [0.1, 0.15) is 33.3 Å². The largest absolute Gasteiger partial charge is 0.479 e. The van der Waals surface area contributed by atoms with Crippen molar-refractivity contribution in [3.63, 3.8) is 0 Å². The minimum Gasteiger partial charge on any atom is -0.479 e. The summed E-state index contributed by atoms with van der Waals surface area (Å²) >= 11 is 0. The molecule has 0 saturated carbocycles. The standard InChI is InChI=1S/C21H34N2O8/c1-5-29-11-12-6-7-14(13(10-12)22-8-9-23-21(2,3)4)30-20-17(26)15(24)16(25)18(31-20)19(27)28/h6-7,10,15-18,20,22-26H,5,8-9,11H2,1-4H3,(H,27,28). The summed E-state index contributed by atoms with van der Waals surface area (Å²) in [6, 6.07) is 5.26. The summed E-state index contributed by atoms with van der Waals surface area (Å²) in [5, 5.41) is 45.9. The second kappa shape index (κ2) is 11.1. The average molecular weight is 443 g/mol. The van der Waals surface area contributed by atoms with Gasteiger partial charge in [0.15, 0.2) is 6.10 Å². The molecule has 0 aliphatic carbocycles. The van der Waals surface area contributed by atoms with Crippen molar-refractivity contribution in [1.82, 2.24) is 5.32 Å². The summed E-state index contributed by atoms with van der Waals surface area (Å²) in [7, 11) is 0. The lowest BCUT2D eigenvalue weighted by atomic mass is 9.99. The zero-order valence-electron chi connectivity index (χ0n) is 18.4. The molecular weight excluding hydrogens is 408 g/mol. The van der Waals surface area contributed by atoms with Crippen molar-refractivity contribution >= 4 is 11.7 Å². The smallest absolute Gasteiger partial charge is 0.335 e. The van der Waals surface area contributed by atoms with Crippen molar-refractivity contribution in [1.29, 1.82) is 0 Å². The molecule has 6 N–H and O–H groups in total. The second-order valence-corrected chi connectivity index (χ2v) is 8.42. The van der Waals surface area contributed by atoms with Gasteiger partial charge in [-0.05, 0) is 45.4 Å². The van der Waals surface area contributed by atoms with Gasteiger partial charge in [-0.2, -0.15) is 0 Å². The highest BCUT2D eigenvalue weighted by Gasteiger charge is 2.48. The van der Waals surface area contributed by atoms with Gasteiger partial charge in [0, 0.05) is 25.2 Å². The predicted molar refractivity (Wildman–Crippen MR) is 113 cm³/mol. The highest BCUT2D eigenvalue weighted by Crippen LogP contribution is 2.31. The molecule has 5 atom stereocenters. The van der Waals surface area contributed by atoms with E-state index in [2.05, 4.69) is 31.4 Å². The van der Waals surface area contributed by atoms with E-state index in [1.54, 1.807) is 12.1 Å². The molecule has 0 radical (unpaired) electrons. The maximum atomic E-state index is 11.3. The maximum Gasteiger partial charge on any atom is 0.335 e. The minimum absolute atomic E-state index is 0.0410. The number of aliphatic hydroxyl groups is 3. The van der Waals surface area contributed by atoms with Crippen molar-refractivity contribution in [3.8, 4) is 5.75 Å². The monoisotopic (exact) mass is 442 g/mol. The van der Waals surface area contributed by atoms with E-state index in [-0.39, 0.29) is 5.54 Å². The number of carboxylic acid groups (broad SMARTS) is 1. The molecule has 0 bridgehead atoms. The molecule has 1 aromatic rings. The Balaban J connectivity index is 2.17. The third-order valence-corrected chi connectivity index (χ3v) is 4.67. The van der Waals surface area contributed by atoms with Crippen LogP contribution in [-0.2, 0) is 20.9 Å². The molecule has 1 saturated heterocycles. The van der Waals surface area contributed by atoms with E-state index in [4.69, 9.17) is 14.2 Å². The van der Waals surface area contributed by atoms with E-state index in [1.165, 1.54) is 0 Å². The highest BCUT2D eigenvalue weighted by atomic mass is 16.7. The number of anilines is 1. The van der Waals surface area contributed by atoms with E-state index in [0.717, 1.165) is 5.56 Å². The fourth-order valence-corrected chi connectivity index (χ4v) is 3.04. The molecule has 0 spiro atoms. The van der Waals surface area contributed by atoms with Gasteiger partial charge in [0.25, 0.3) is 0 Å². The molecule has 1 fully saturated rings. The normalized spacial score (nSPS) is 26.5. The zero-order valence-corrected chi connectivity index (χ0v) is 18.4. The number of nitrogens with one attached hydrogen (secondary N) is 2. The van der Waals surface area contributed by atoms with Gasteiger partial charge < -0.3 is 45.3 Å². The quantitative estimate of drug-likeness (QED) is 0.279. The van der Waals surface area contributed by atoms with Gasteiger partial charge in [-0.1, -0.05) is 6.07 Å². The molecule has 2 rings (SSSR count). The number of rotatable bonds is 10. The van der Waals surface area contributed by atoms with Crippen LogP contribution in [0.2, 0.25) is 0 Å². The first-order valence-electron chi connectivity index (χ1n) is 10.3. The van der Waals surface area contributed by atoms with Gasteiger partial charge in [-0.15, -0.1) is 0 Å². The summed E-state index contributed by atoms with van der Waals surface area (Å²) in [4.78, 5) is 11.3. The summed E-state index contributed by atoms with van der Waals surface area (Å²) in [6.45, 7) is 10.3. The summed E-state index contributed by atoms with van der Waals surface area (Å²) in [5.74, 6) is -1.17. The molecule has 0 aromatic heterocycles. The first-order chi connectivity index (χ1) is 14.5. The molecule has 10 nitrogen and oxygen atoms in total. The average Bonchev–Trinajstić information content (AvgIpc) is 2.70. The first kappa shape index (κ1) is 25.3. The summed E-state index contributed by atoms with van der Waals surface area (Å²) < 4.78 is 16.4. The van der Waals surface area contributed by atoms with Crippen molar-refractivity contribution in [3.05, 3.63) is 23.8 Å². The molecular formula is C21H34N2O8. The number of hydrogen-bond donors (Lipinski definition) is 6. The Morgan fingerprint density at radius 2 is 1.84 bits per heavy atom. The number of carbonyl (C=O) groups is 1. The Hall–Kier alpha value is -1.95. The SMILES string of the molecule is CCOCc1ccc(OC2OC(C(=O)O)C(O)C(O)C2O)c(NCCNC(C)(C)C)c1. The van der Waals surface area contributed by atoms with Gasteiger partial charge in [-0.3, -0.25) is 0 Å². The van der Waals surface area contributed by atoms with Gasteiger partial charge in [0.05, 0.1) is 12.3 Å². The Morgan fingerprint density at radius 1 is 1.13 bits per heavy atom. The van der Waals surface area contributed by atoms with Crippen LogP contribution < -0.4 is 15.4 Å². The second-order valence-electron chi connectivity index (χ2n) is 8.42. The molecule has 31 heavy (non-hydrogen) atoms. The number of aliphatic carboxylic acids is 1. The van der Waals surface area contributed by atoms with E-state index in [1.807, 2.05) is 13.0 Å². The van der Waals surface area contributed by atoms with Crippen molar-refractivity contribution in [2.75, 3.05) is 25.0 Å². The van der Waals surface area contributed by atoms with Crippen molar-refractivity contribution in [2.45, 2.75) is 70.5 Å². The van der Waals surface area contributed by atoms with Crippen LogP contribution in [0.5, 0.6) is 5.75 Å². The van der Waals surface area contributed by atoms with Crippen LogP contribution in [0, 0.1) is 0 Å².